The second kappa shape index (κ2) is 10.2. The van der Waals surface area contributed by atoms with Gasteiger partial charge in [0.15, 0.2) is 5.96 Å². The molecule has 0 radical (unpaired) electrons. The maximum Gasteiger partial charge on any atom is 0.252 e. The molecule has 1 aromatic carbocycles. The summed E-state index contributed by atoms with van der Waals surface area (Å²) in [6, 6.07) is 11.3. The van der Waals surface area contributed by atoms with E-state index in [0.717, 1.165) is 17.8 Å². The minimum Gasteiger partial charge on any atom is -0.357 e. The Kier molecular flexibility index (Phi) is 7.16. The predicted molar refractivity (Wildman–Crippen MR) is 113 cm³/mol. The number of rotatable bonds is 7. The van der Waals surface area contributed by atoms with Crippen molar-refractivity contribution in [2.24, 2.45) is 4.99 Å². The number of hydrogen-bond acceptors (Lipinski definition) is 4. The number of guanidine groups is 1. The summed E-state index contributed by atoms with van der Waals surface area (Å²) in [5, 5.41) is 12.2. The summed E-state index contributed by atoms with van der Waals surface area (Å²) in [6.07, 6.45) is 3.58. The van der Waals surface area contributed by atoms with Crippen LogP contribution < -0.4 is 21.3 Å². The standard InChI is InChI=1S/C21H26N6O2/c1-2-23-21(25-11-10-24-20(29)15-6-5-9-22-13-15)26-14-16-12-19(28)27-18-8-4-3-7-17(16)18/h3-9,13,16H,2,10-12,14H2,1H3,(H,24,29)(H,27,28)(H2,23,25,26). The predicted octanol–water partition coefficient (Wildman–Crippen LogP) is 1.49. The first-order valence-electron chi connectivity index (χ1n) is 9.76. The molecule has 1 aliphatic heterocycles. The van der Waals surface area contributed by atoms with Gasteiger partial charge in [-0.2, -0.15) is 0 Å². The first-order chi connectivity index (χ1) is 14.2. The summed E-state index contributed by atoms with van der Waals surface area (Å²) in [5.74, 6) is 0.555. The number of pyridine rings is 1. The van der Waals surface area contributed by atoms with Gasteiger partial charge in [0.25, 0.3) is 5.91 Å². The summed E-state index contributed by atoms with van der Waals surface area (Å²) in [6.45, 7) is 4.19. The lowest BCUT2D eigenvalue weighted by molar-refractivity contribution is -0.116. The Morgan fingerprint density at radius 1 is 1.17 bits per heavy atom. The monoisotopic (exact) mass is 394 g/mol. The lowest BCUT2D eigenvalue weighted by Gasteiger charge is -2.24. The number of nitrogens with zero attached hydrogens (tertiary/aromatic N) is 2. The van der Waals surface area contributed by atoms with Crippen molar-refractivity contribution in [3.05, 3.63) is 59.9 Å². The molecule has 0 saturated heterocycles. The molecule has 0 saturated carbocycles. The van der Waals surface area contributed by atoms with Crippen molar-refractivity contribution in [3.8, 4) is 0 Å². The van der Waals surface area contributed by atoms with Crippen molar-refractivity contribution in [2.45, 2.75) is 19.3 Å². The lowest BCUT2D eigenvalue weighted by atomic mass is 9.91. The molecular weight excluding hydrogens is 368 g/mol. The Labute approximate surface area is 170 Å². The molecule has 0 spiro atoms. The highest BCUT2D eigenvalue weighted by molar-refractivity contribution is 5.95. The molecule has 3 rings (SSSR count). The summed E-state index contributed by atoms with van der Waals surface area (Å²) < 4.78 is 0. The minimum absolute atomic E-state index is 0.0139. The van der Waals surface area contributed by atoms with Crippen LogP contribution in [0.25, 0.3) is 0 Å². The number of amides is 2. The van der Waals surface area contributed by atoms with Gasteiger partial charge in [-0.1, -0.05) is 18.2 Å². The van der Waals surface area contributed by atoms with E-state index in [0.29, 0.717) is 37.6 Å². The van der Waals surface area contributed by atoms with Crippen molar-refractivity contribution < 1.29 is 9.59 Å². The van der Waals surface area contributed by atoms with E-state index in [9.17, 15) is 9.59 Å². The summed E-state index contributed by atoms with van der Waals surface area (Å²) in [7, 11) is 0. The van der Waals surface area contributed by atoms with Crippen molar-refractivity contribution in [2.75, 3.05) is 31.5 Å². The van der Waals surface area contributed by atoms with Crippen LogP contribution in [0.4, 0.5) is 5.69 Å². The maximum absolute atomic E-state index is 12.0. The van der Waals surface area contributed by atoms with Crippen molar-refractivity contribution in [3.63, 3.8) is 0 Å². The molecule has 152 valence electrons. The quantitative estimate of drug-likeness (QED) is 0.323. The second-order valence-electron chi connectivity index (χ2n) is 6.68. The second-order valence-corrected chi connectivity index (χ2v) is 6.68. The Balaban J connectivity index is 1.52. The number of anilines is 1. The molecule has 4 N–H and O–H groups in total. The maximum atomic E-state index is 12.0. The normalized spacial score (nSPS) is 15.8. The smallest absolute Gasteiger partial charge is 0.252 e. The zero-order valence-electron chi connectivity index (χ0n) is 16.4. The van der Waals surface area contributed by atoms with Crippen LogP contribution in [0.3, 0.4) is 0 Å². The summed E-state index contributed by atoms with van der Waals surface area (Å²) in [4.78, 5) is 32.6. The Morgan fingerprint density at radius 2 is 2.00 bits per heavy atom. The molecule has 2 heterocycles. The van der Waals surface area contributed by atoms with Gasteiger partial charge < -0.3 is 21.3 Å². The largest absolute Gasteiger partial charge is 0.357 e. The molecule has 0 fully saturated rings. The van der Waals surface area contributed by atoms with Gasteiger partial charge in [0, 0.05) is 50.1 Å². The highest BCUT2D eigenvalue weighted by Crippen LogP contribution is 2.31. The van der Waals surface area contributed by atoms with Crippen LogP contribution in [0.2, 0.25) is 0 Å². The number of aliphatic imine (C=N–C) groups is 1. The first kappa shape index (κ1) is 20.3. The van der Waals surface area contributed by atoms with Gasteiger partial charge in [0.1, 0.15) is 0 Å². The van der Waals surface area contributed by atoms with Crippen LogP contribution in [0.15, 0.2) is 53.8 Å². The summed E-state index contributed by atoms with van der Waals surface area (Å²) >= 11 is 0. The molecule has 1 unspecified atom stereocenters. The van der Waals surface area contributed by atoms with Crippen LogP contribution in [-0.4, -0.2) is 48.9 Å². The minimum atomic E-state index is -0.160. The van der Waals surface area contributed by atoms with Gasteiger partial charge in [0.2, 0.25) is 5.91 Å². The average molecular weight is 394 g/mol. The summed E-state index contributed by atoms with van der Waals surface area (Å²) in [5.41, 5.74) is 2.50. The highest BCUT2D eigenvalue weighted by Gasteiger charge is 2.24. The number of benzene rings is 1. The number of aromatic nitrogens is 1. The molecule has 1 aromatic heterocycles. The van der Waals surface area contributed by atoms with Crippen LogP contribution in [-0.2, 0) is 4.79 Å². The highest BCUT2D eigenvalue weighted by atomic mass is 16.2. The van der Waals surface area contributed by atoms with Gasteiger partial charge in [0.05, 0.1) is 12.1 Å². The zero-order chi connectivity index (χ0) is 20.5. The number of hydrogen-bond donors (Lipinski definition) is 4. The number of carbonyl (C=O) groups is 2. The topological polar surface area (TPSA) is 108 Å². The third kappa shape index (κ3) is 5.78. The van der Waals surface area contributed by atoms with Gasteiger partial charge in [-0.3, -0.25) is 19.6 Å². The van der Waals surface area contributed by atoms with E-state index < -0.39 is 0 Å². The van der Waals surface area contributed by atoms with Crippen molar-refractivity contribution in [1.29, 1.82) is 0 Å². The fourth-order valence-corrected chi connectivity index (χ4v) is 3.16. The molecule has 8 heteroatoms. The molecular formula is C21H26N6O2. The molecule has 1 aliphatic rings. The average Bonchev–Trinajstić information content (AvgIpc) is 2.75. The van der Waals surface area contributed by atoms with Gasteiger partial charge in [-0.25, -0.2) is 0 Å². The van der Waals surface area contributed by atoms with Crippen molar-refractivity contribution >= 4 is 23.5 Å². The van der Waals surface area contributed by atoms with E-state index >= 15 is 0 Å². The van der Waals surface area contributed by atoms with Gasteiger partial charge in [-0.05, 0) is 30.7 Å². The molecule has 29 heavy (non-hydrogen) atoms. The van der Waals surface area contributed by atoms with Crippen molar-refractivity contribution in [1.82, 2.24) is 20.9 Å². The van der Waals surface area contributed by atoms with Crippen LogP contribution >= 0.6 is 0 Å². The third-order valence-electron chi connectivity index (χ3n) is 4.55. The Hall–Kier alpha value is -3.42. The van der Waals surface area contributed by atoms with E-state index in [2.05, 4.69) is 31.2 Å². The van der Waals surface area contributed by atoms with E-state index in [1.807, 2.05) is 31.2 Å². The Morgan fingerprint density at radius 3 is 2.79 bits per heavy atom. The number of para-hydroxylation sites is 1. The molecule has 8 nitrogen and oxygen atoms in total. The van der Waals surface area contributed by atoms with Crippen LogP contribution in [0.1, 0.15) is 35.2 Å². The number of carbonyl (C=O) groups excluding carboxylic acids is 2. The fourth-order valence-electron chi connectivity index (χ4n) is 3.16. The molecule has 0 bridgehead atoms. The van der Waals surface area contributed by atoms with E-state index in [-0.39, 0.29) is 17.7 Å². The molecule has 2 amide bonds. The van der Waals surface area contributed by atoms with Gasteiger partial charge in [-0.15, -0.1) is 0 Å². The van der Waals surface area contributed by atoms with Crippen LogP contribution in [0, 0.1) is 0 Å². The van der Waals surface area contributed by atoms with E-state index in [4.69, 9.17) is 0 Å². The van der Waals surface area contributed by atoms with Crippen LogP contribution in [0.5, 0.6) is 0 Å². The zero-order valence-corrected chi connectivity index (χ0v) is 16.4. The van der Waals surface area contributed by atoms with E-state index in [1.165, 1.54) is 6.20 Å². The number of nitrogens with one attached hydrogen (secondary N) is 4. The first-order valence-corrected chi connectivity index (χ1v) is 9.76. The van der Waals surface area contributed by atoms with E-state index in [1.54, 1.807) is 18.3 Å². The molecule has 0 aliphatic carbocycles. The fraction of sp³-hybridized carbons (Fsp3) is 0.333. The Bertz CT molecular complexity index is 868. The lowest BCUT2D eigenvalue weighted by Crippen LogP contribution is -2.41. The number of fused-ring (bicyclic) bond motifs is 1. The third-order valence-corrected chi connectivity index (χ3v) is 4.55. The molecule has 2 aromatic rings. The van der Waals surface area contributed by atoms with Gasteiger partial charge >= 0.3 is 0 Å². The SMILES string of the molecule is CCNC(=NCC1CC(=O)Nc2ccccc21)NCCNC(=O)c1cccnc1. The molecule has 1 atom stereocenters.